The summed E-state index contributed by atoms with van der Waals surface area (Å²) in [5.41, 5.74) is 1.06. The fraction of sp³-hybridized carbons (Fsp3) is 0.375. The summed E-state index contributed by atoms with van der Waals surface area (Å²) in [6, 6.07) is 7.68. The summed E-state index contributed by atoms with van der Waals surface area (Å²) in [7, 11) is 3.01. The molecule has 1 atom stereocenters. The molecule has 2 saturated heterocycles. The number of rotatable bonds is 7. The lowest BCUT2D eigenvalue weighted by Gasteiger charge is -2.29. The normalized spacial score (nSPS) is 20.8. The van der Waals surface area contributed by atoms with E-state index < -0.39 is 17.7 Å². The Morgan fingerprint density at radius 3 is 2.61 bits per heavy atom. The number of methoxy groups -OCH3 is 2. The number of aromatic nitrogens is 1. The van der Waals surface area contributed by atoms with Gasteiger partial charge in [-0.1, -0.05) is 6.07 Å². The molecule has 9 nitrogen and oxygen atoms in total. The highest BCUT2D eigenvalue weighted by molar-refractivity contribution is 6.46. The third kappa shape index (κ3) is 4.55. The van der Waals surface area contributed by atoms with Crippen molar-refractivity contribution >= 4 is 17.4 Å². The van der Waals surface area contributed by atoms with Crippen molar-refractivity contribution in [3.63, 3.8) is 0 Å². The summed E-state index contributed by atoms with van der Waals surface area (Å²) < 4.78 is 16.0. The van der Waals surface area contributed by atoms with Gasteiger partial charge in [-0.2, -0.15) is 0 Å². The van der Waals surface area contributed by atoms with Gasteiger partial charge in [0, 0.05) is 18.0 Å². The van der Waals surface area contributed by atoms with E-state index in [2.05, 4.69) is 4.98 Å². The van der Waals surface area contributed by atoms with Gasteiger partial charge in [-0.15, -0.1) is 0 Å². The molecule has 0 saturated carbocycles. The maximum atomic E-state index is 13.1. The number of hydrogen-bond acceptors (Lipinski definition) is 7. The maximum Gasteiger partial charge on any atom is 0.295 e. The molecule has 0 aliphatic carbocycles. The number of benzene rings is 1. The van der Waals surface area contributed by atoms with Crippen LogP contribution in [-0.4, -0.2) is 80.3 Å². The van der Waals surface area contributed by atoms with Crippen LogP contribution in [0.25, 0.3) is 5.76 Å². The molecule has 0 radical (unpaired) electrons. The molecule has 3 heterocycles. The first-order valence-corrected chi connectivity index (χ1v) is 10.9. The maximum absolute atomic E-state index is 13.1. The van der Waals surface area contributed by atoms with Crippen molar-refractivity contribution < 1.29 is 33.8 Å². The summed E-state index contributed by atoms with van der Waals surface area (Å²) in [6.45, 7) is 4.13. The topological polar surface area (TPSA) is 103 Å². The fourth-order valence-electron chi connectivity index (χ4n) is 4.32. The third-order valence-electron chi connectivity index (χ3n) is 6.10. The van der Waals surface area contributed by atoms with Crippen molar-refractivity contribution in [2.75, 3.05) is 53.6 Å². The minimum absolute atomic E-state index is 0.0391. The molecule has 1 aromatic carbocycles. The van der Waals surface area contributed by atoms with E-state index in [1.807, 2.05) is 0 Å². The van der Waals surface area contributed by atoms with Crippen LogP contribution < -0.4 is 14.4 Å². The monoisotopic (exact) mass is 454 g/mol. The lowest BCUT2D eigenvalue weighted by molar-refractivity contribution is -0.907. The van der Waals surface area contributed by atoms with Gasteiger partial charge < -0.3 is 29.1 Å². The van der Waals surface area contributed by atoms with E-state index in [1.165, 1.54) is 24.0 Å². The van der Waals surface area contributed by atoms with Crippen LogP contribution in [0.3, 0.4) is 0 Å². The lowest BCUT2D eigenvalue weighted by atomic mass is 9.96. The summed E-state index contributed by atoms with van der Waals surface area (Å²) in [5.74, 6) is -0.701. The van der Waals surface area contributed by atoms with Gasteiger partial charge >= 0.3 is 0 Å². The van der Waals surface area contributed by atoms with E-state index in [0.717, 1.165) is 13.1 Å². The predicted molar refractivity (Wildman–Crippen MR) is 119 cm³/mol. The number of morpholine rings is 1. The zero-order valence-corrected chi connectivity index (χ0v) is 18.7. The number of carbonyl (C=O) groups is 2. The minimum atomic E-state index is -0.729. The van der Waals surface area contributed by atoms with E-state index in [1.54, 1.807) is 42.7 Å². The largest absolute Gasteiger partial charge is 0.507 e. The SMILES string of the molecule is COc1ccc(/C(O)=C2\C(=O)C(=O)N(CC[NH+]3CCOCC3)[C@H]2c2cccnc2)cc1OC. The van der Waals surface area contributed by atoms with Crippen LogP contribution in [-0.2, 0) is 14.3 Å². The van der Waals surface area contributed by atoms with Gasteiger partial charge in [-0.25, -0.2) is 0 Å². The second-order valence-electron chi connectivity index (χ2n) is 7.96. The van der Waals surface area contributed by atoms with Crippen molar-refractivity contribution in [1.29, 1.82) is 0 Å². The molecule has 9 heteroatoms. The third-order valence-corrected chi connectivity index (χ3v) is 6.10. The van der Waals surface area contributed by atoms with Crippen LogP contribution in [0.2, 0.25) is 0 Å². The fourth-order valence-corrected chi connectivity index (χ4v) is 4.32. The Bertz CT molecular complexity index is 1050. The quantitative estimate of drug-likeness (QED) is 0.356. The van der Waals surface area contributed by atoms with Crippen LogP contribution in [0.1, 0.15) is 17.2 Å². The molecule has 2 aliphatic rings. The number of aliphatic hydroxyl groups is 1. The van der Waals surface area contributed by atoms with E-state index in [0.29, 0.717) is 48.9 Å². The van der Waals surface area contributed by atoms with Gasteiger partial charge in [0.05, 0.1) is 52.1 Å². The number of Topliss-reactive ketones (excluding diaryl/α,β-unsaturated/α-hetero) is 1. The number of ether oxygens (including phenoxy) is 3. The first kappa shape index (κ1) is 22.8. The molecule has 2 N–H and O–H groups in total. The van der Waals surface area contributed by atoms with Crippen molar-refractivity contribution in [2.24, 2.45) is 0 Å². The Hall–Kier alpha value is -3.43. The highest BCUT2D eigenvalue weighted by atomic mass is 16.5. The Balaban J connectivity index is 1.73. The number of pyridine rings is 1. The highest BCUT2D eigenvalue weighted by Crippen LogP contribution is 2.40. The van der Waals surface area contributed by atoms with E-state index in [-0.39, 0.29) is 11.3 Å². The summed E-state index contributed by atoms with van der Waals surface area (Å²) in [5, 5.41) is 11.2. The Morgan fingerprint density at radius 2 is 1.94 bits per heavy atom. The molecule has 2 aromatic rings. The number of carbonyl (C=O) groups excluding carboxylic acids is 2. The highest BCUT2D eigenvalue weighted by Gasteiger charge is 2.46. The molecule has 33 heavy (non-hydrogen) atoms. The smallest absolute Gasteiger partial charge is 0.295 e. The van der Waals surface area contributed by atoms with Crippen LogP contribution >= 0.6 is 0 Å². The molecule has 1 aromatic heterocycles. The zero-order valence-electron chi connectivity index (χ0n) is 18.7. The number of ketones is 1. The van der Waals surface area contributed by atoms with Crippen LogP contribution in [0.15, 0.2) is 48.3 Å². The standard InChI is InChI=1S/C24H27N3O6/c1-31-18-6-5-16(14-19(18)32-2)22(28)20-21(17-4-3-7-25-15-17)27(24(30)23(20)29)9-8-26-10-12-33-13-11-26/h3-7,14-15,21,28H,8-13H2,1-2H3/p+1/b22-20+/t21-/m0/s1. The number of nitrogens with one attached hydrogen (secondary N) is 1. The molecule has 0 unspecified atom stereocenters. The average molecular weight is 455 g/mol. The number of quaternary nitrogens is 1. The van der Waals surface area contributed by atoms with E-state index in [9.17, 15) is 14.7 Å². The van der Waals surface area contributed by atoms with E-state index in [4.69, 9.17) is 14.2 Å². The number of nitrogens with zero attached hydrogens (tertiary/aromatic N) is 2. The Morgan fingerprint density at radius 1 is 1.18 bits per heavy atom. The molecular formula is C24H28N3O6+. The van der Waals surface area contributed by atoms with Crippen molar-refractivity contribution in [3.8, 4) is 11.5 Å². The van der Waals surface area contributed by atoms with Crippen molar-refractivity contribution in [3.05, 3.63) is 59.4 Å². The van der Waals surface area contributed by atoms with Crippen molar-refractivity contribution in [2.45, 2.75) is 6.04 Å². The van der Waals surface area contributed by atoms with Gasteiger partial charge in [0.2, 0.25) is 0 Å². The number of aliphatic hydroxyl groups excluding tert-OH is 1. The van der Waals surface area contributed by atoms with Gasteiger partial charge in [-0.05, 0) is 29.8 Å². The zero-order chi connectivity index (χ0) is 23.4. The summed E-state index contributed by atoms with van der Waals surface area (Å²) in [4.78, 5) is 33.2. The van der Waals surface area contributed by atoms with Gasteiger partial charge in [-0.3, -0.25) is 14.6 Å². The van der Waals surface area contributed by atoms with Gasteiger partial charge in [0.25, 0.3) is 11.7 Å². The molecule has 2 aliphatic heterocycles. The van der Waals surface area contributed by atoms with Crippen LogP contribution in [0, 0.1) is 0 Å². The first-order valence-electron chi connectivity index (χ1n) is 10.9. The minimum Gasteiger partial charge on any atom is -0.507 e. The lowest BCUT2D eigenvalue weighted by Crippen LogP contribution is -3.14. The van der Waals surface area contributed by atoms with E-state index >= 15 is 0 Å². The Kier molecular flexibility index (Phi) is 6.90. The van der Waals surface area contributed by atoms with Gasteiger partial charge in [0.1, 0.15) is 18.8 Å². The second-order valence-corrected chi connectivity index (χ2v) is 7.96. The molecule has 0 spiro atoms. The Labute approximate surface area is 192 Å². The van der Waals surface area contributed by atoms with Crippen molar-refractivity contribution in [1.82, 2.24) is 9.88 Å². The first-order chi connectivity index (χ1) is 16.0. The molecule has 0 bridgehead atoms. The molecule has 2 fully saturated rings. The summed E-state index contributed by atoms with van der Waals surface area (Å²) in [6.07, 6.45) is 3.24. The van der Waals surface area contributed by atoms with Crippen LogP contribution in [0.5, 0.6) is 11.5 Å². The molecule has 1 amide bonds. The molecule has 4 rings (SSSR count). The summed E-state index contributed by atoms with van der Waals surface area (Å²) >= 11 is 0. The average Bonchev–Trinajstić information content (AvgIpc) is 3.12. The number of hydrogen-bond donors (Lipinski definition) is 2. The molecule has 174 valence electrons. The number of likely N-dealkylation sites (tertiary alicyclic amines) is 1. The molecular weight excluding hydrogens is 426 g/mol. The second kappa shape index (κ2) is 10.0. The number of amides is 1. The van der Waals surface area contributed by atoms with Gasteiger partial charge in [0.15, 0.2) is 11.5 Å². The van der Waals surface area contributed by atoms with Crippen LogP contribution in [0.4, 0.5) is 0 Å². The predicted octanol–water partition coefficient (Wildman–Crippen LogP) is 0.436.